The minimum absolute atomic E-state index is 0.415. The van der Waals surface area contributed by atoms with E-state index < -0.39 is 0 Å². The summed E-state index contributed by atoms with van der Waals surface area (Å²) in [5.41, 5.74) is 0.557. The van der Waals surface area contributed by atoms with Gasteiger partial charge in [0.25, 0.3) is 0 Å². The van der Waals surface area contributed by atoms with E-state index in [-0.39, 0.29) is 0 Å². The molecular formula is C11H14O2. The van der Waals surface area contributed by atoms with Crippen molar-refractivity contribution in [3.63, 3.8) is 0 Å². The lowest BCUT2D eigenvalue weighted by Crippen LogP contribution is -2.13. The molecule has 2 heteroatoms. The molecule has 3 aliphatic rings. The number of hydrogen-bond acceptors (Lipinski definition) is 2. The second-order valence-corrected chi connectivity index (χ2v) is 4.52. The quantitative estimate of drug-likeness (QED) is 0.614. The fourth-order valence-corrected chi connectivity index (χ4v) is 2.13. The number of hydrogen-bond donors (Lipinski definition) is 0. The van der Waals surface area contributed by atoms with Crippen molar-refractivity contribution in [1.82, 2.24) is 0 Å². The first kappa shape index (κ1) is 7.48. The van der Waals surface area contributed by atoms with Crippen LogP contribution in [-0.2, 0) is 9.47 Å². The second-order valence-electron chi connectivity index (χ2n) is 4.52. The first-order valence-electron chi connectivity index (χ1n) is 4.95. The van der Waals surface area contributed by atoms with Gasteiger partial charge in [-0.15, -0.1) is 0 Å². The molecule has 0 N–H and O–H groups in total. The summed E-state index contributed by atoms with van der Waals surface area (Å²) in [5.74, 6) is 2.70. The Kier molecular flexibility index (Phi) is 1.33. The summed E-state index contributed by atoms with van der Waals surface area (Å²) in [6.45, 7) is 2.78. The van der Waals surface area contributed by atoms with E-state index in [9.17, 15) is 0 Å². The summed E-state index contributed by atoms with van der Waals surface area (Å²) in [7, 11) is 0. The van der Waals surface area contributed by atoms with Crippen LogP contribution < -0.4 is 0 Å². The number of allylic oxidation sites excluding steroid dienone is 3. The van der Waals surface area contributed by atoms with Crippen LogP contribution in [0.5, 0.6) is 0 Å². The van der Waals surface area contributed by atoms with Crippen LogP contribution in [0.2, 0.25) is 0 Å². The van der Waals surface area contributed by atoms with Crippen molar-refractivity contribution in [2.45, 2.75) is 26.2 Å². The van der Waals surface area contributed by atoms with Gasteiger partial charge in [-0.3, -0.25) is 0 Å². The average Bonchev–Trinajstić information content (AvgIpc) is 2.74. The summed E-state index contributed by atoms with van der Waals surface area (Å²) >= 11 is 0. The molecule has 1 atom stereocenters. The largest absolute Gasteiger partial charge is 0.458 e. The molecule has 2 nitrogen and oxygen atoms in total. The minimum atomic E-state index is 0.415. The second kappa shape index (κ2) is 2.31. The molecule has 0 bridgehead atoms. The van der Waals surface area contributed by atoms with Crippen molar-refractivity contribution >= 4 is 0 Å². The van der Waals surface area contributed by atoms with Crippen LogP contribution in [-0.4, -0.2) is 6.79 Å². The molecule has 0 amide bonds. The standard InChI is InChI=1S/C11H14O2/c1-11(4-5-11)8-2-3-9-10(6-8)13-7-12-9/h2-3,8H,4-7H2,1H3. The molecule has 0 aromatic heterocycles. The normalized spacial score (nSPS) is 33.8. The lowest BCUT2D eigenvalue weighted by molar-refractivity contribution is 0.0708. The van der Waals surface area contributed by atoms with E-state index in [1.165, 1.54) is 12.8 Å². The Hall–Kier alpha value is -0.920. The maximum Gasteiger partial charge on any atom is 0.230 e. The first-order chi connectivity index (χ1) is 6.28. The molecular weight excluding hydrogens is 164 g/mol. The summed E-state index contributed by atoms with van der Waals surface area (Å²) in [5, 5.41) is 0. The maximum atomic E-state index is 5.42. The van der Waals surface area contributed by atoms with Crippen LogP contribution in [0.25, 0.3) is 0 Å². The number of rotatable bonds is 1. The highest BCUT2D eigenvalue weighted by Crippen LogP contribution is 2.55. The minimum Gasteiger partial charge on any atom is -0.458 e. The van der Waals surface area contributed by atoms with E-state index in [4.69, 9.17) is 9.47 Å². The van der Waals surface area contributed by atoms with Crippen molar-refractivity contribution in [3.8, 4) is 0 Å². The summed E-state index contributed by atoms with van der Waals surface area (Å²) in [4.78, 5) is 0. The topological polar surface area (TPSA) is 18.5 Å². The Morgan fingerprint density at radius 1 is 1.38 bits per heavy atom. The molecule has 0 saturated heterocycles. The summed E-state index contributed by atoms with van der Waals surface area (Å²) in [6, 6.07) is 0. The molecule has 3 rings (SSSR count). The molecule has 70 valence electrons. The maximum absolute atomic E-state index is 5.42. The van der Waals surface area contributed by atoms with Gasteiger partial charge in [0.2, 0.25) is 6.79 Å². The smallest absolute Gasteiger partial charge is 0.230 e. The monoisotopic (exact) mass is 178 g/mol. The lowest BCUT2D eigenvalue weighted by atomic mass is 9.84. The molecule has 0 aromatic carbocycles. The van der Waals surface area contributed by atoms with E-state index in [1.54, 1.807) is 0 Å². The highest BCUT2D eigenvalue weighted by Gasteiger charge is 2.45. The van der Waals surface area contributed by atoms with Crippen LogP contribution in [0.3, 0.4) is 0 Å². The Labute approximate surface area is 78.2 Å². The highest BCUT2D eigenvalue weighted by molar-refractivity contribution is 5.26. The molecule has 1 heterocycles. The van der Waals surface area contributed by atoms with Crippen LogP contribution in [0, 0.1) is 11.3 Å². The zero-order chi connectivity index (χ0) is 8.89. The highest BCUT2D eigenvalue weighted by atomic mass is 16.7. The van der Waals surface area contributed by atoms with Crippen molar-refractivity contribution in [2.75, 3.05) is 6.79 Å². The molecule has 0 spiro atoms. The third-order valence-electron chi connectivity index (χ3n) is 3.54. The molecule has 1 fully saturated rings. The lowest BCUT2D eigenvalue weighted by Gasteiger charge is -2.22. The van der Waals surface area contributed by atoms with Crippen molar-refractivity contribution in [1.29, 1.82) is 0 Å². The molecule has 2 aliphatic carbocycles. The third kappa shape index (κ3) is 1.08. The van der Waals surface area contributed by atoms with Gasteiger partial charge in [0.15, 0.2) is 5.76 Å². The summed E-state index contributed by atoms with van der Waals surface area (Å²) in [6.07, 6.45) is 8.15. The fraction of sp³-hybridized carbons (Fsp3) is 0.636. The van der Waals surface area contributed by atoms with Gasteiger partial charge in [-0.1, -0.05) is 13.0 Å². The third-order valence-corrected chi connectivity index (χ3v) is 3.54. The van der Waals surface area contributed by atoms with Gasteiger partial charge in [-0.2, -0.15) is 0 Å². The Balaban J connectivity index is 1.81. The Bertz CT molecular complexity index is 297. The predicted molar refractivity (Wildman–Crippen MR) is 48.7 cm³/mol. The van der Waals surface area contributed by atoms with Crippen LogP contribution >= 0.6 is 0 Å². The molecule has 1 unspecified atom stereocenters. The van der Waals surface area contributed by atoms with Gasteiger partial charge in [0.1, 0.15) is 5.76 Å². The summed E-state index contributed by atoms with van der Waals surface area (Å²) < 4.78 is 10.7. The van der Waals surface area contributed by atoms with E-state index >= 15 is 0 Å². The zero-order valence-corrected chi connectivity index (χ0v) is 7.88. The molecule has 13 heavy (non-hydrogen) atoms. The molecule has 0 radical (unpaired) electrons. The SMILES string of the molecule is CC1(C2C=CC3=C(C2)OCO3)CC1. The first-order valence-corrected chi connectivity index (χ1v) is 4.95. The van der Waals surface area contributed by atoms with Crippen molar-refractivity contribution in [2.24, 2.45) is 11.3 Å². The van der Waals surface area contributed by atoms with Crippen molar-refractivity contribution in [3.05, 3.63) is 23.7 Å². The average molecular weight is 178 g/mol. The van der Waals surface area contributed by atoms with Crippen LogP contribution in [0.15, 0.2) is 23.7 Å². The zero-order valence-electron chi connectivity index (χ0n) is 7.88. The van der Waals surface area contributed by atoms with Gasteiger partial charge in [-0.05, 0) is 30.3 Å². The Morgan fingerprint density at radius 2 is 2.23 bits per heavy atom. The van der Waals surface area contributed by atoms with E-state index in [0.29, 0.717) is 18.1 Å². The predicted octanol–water partition coefficient (Wildman–Crippen LogP) is 2.58. The van der Waals surface area contributed by atoms with Gasteiger partial charge in [0, 0.05) is 6.42 Å². The van der Waals surface area contributed by atoms with Gasteiger partial charge >= 0.3 is 0 Å². The number of ether oxygens (including phenoxy) is 2. The van der Waals surface area contributed by atoms with Crippen LogP contribution in [0.1, 0.15) is 26.2 Å². The molecule has 1 saturated carbocycles. The van der Waals surface area contributed by atoms with Gasteiger partial charge < -0.3 is 9.47 Å². The van der Waals surface area contributed by atoms with E-state index in [0.717, 1.165) is 17.9 Å². The molecule has 0 aromatic rings. The van der Waals surface area contributed by atoms with Crippen LogP contribution in [0.4, 0.5) is 0 Å². The Morgan fingerprint density at radius 3 is 3.00 bits per heavy atom. The van der Waals surface area contributed by atoms with E-state index in [2.05, 4.69) is 19.1 Å². The fourth-order valence-electron chi connectivity index (χ4n) is 2.13. The van der Waals surface area contributed by atoms with Gasteiger partial charge in [0.05, 0.1) is 0 Å². The van der Waals surface area contributed by atoms with Crippen molar-refractivity contribution < 1.29 is 9.47 Å². The van der Waals surface area contributed by atoms with E-state index in [1.807, 2.05) is 0 Å². The molecule has 1 aliphatic heterocycles. The van der Waals surface area contributed by atoms with Gasteiger partial charge in [-0.25, -0.2) is 0 Å².